The van der Waals surface area contributed by atoms with Crippen LogP contribution in [-0.2, 0) is 4.79 Å². The number of rotatable bonds is 10. The van der Waals surface area contributed by atoms with Crippen LogP contribution in [0.15, 0.2) is 57.6 Å². The lowest BCUT2D eigenvalue weighted by Gasteiger charge is -2.13. The smallest absolute Gasteiger partial charge is 0.353 e. The minimum Gasteiger partial charge on any atom is -0.477 e. The maximum Gasteiger partial charge on any atom is 0.353 e. The Morgan fingerprint density at radius 2 is 1.97 bits per heavy atom. The minimum atomic E-state index is -1.23. The van der Waals surface area contributed by atoms with Gasteiger partial charge in [0.05, 0.1) is 9.90 Å². The van der Waals surface area contributed by atoms with Gasteiger partial charge in [0, 0.05) is 47.1 Å². The molecule has 0 amide bonds. The van der Waals surface area contributed by atoms with Crippen LogP contribution in [0.3, 0.4) is 0 Å². The van der Waals surface area contributed by atoms with Gasteiger partial charge in [0.15, 0.2) is 5.13 Å². The van der Waals surface area contributed by atoms with E-state index in [1.165, 1.54) is 24.5 Å². The fourth-order valence-electron chi connectivity index (χ4n) is 2.65. The Morgan fingerprint density at radius 3 is 2.47 bits per heavy atom. The second-order valence-electron chi connectivity index (χ2n) is 6.53. The number of carboxylic acid groups (broad SMARTS) is 1. The third-order valence-electron chi connectivity index (χ3n) is 3.80. The first kappa shape index (κ1) is 23.4. The highest BCUT2D eigenvalue weighted by Crippen LogP contribution is 2.40. The molecule has 2 aromatic rings. The third-order valence-corrected chi connectivity index (χ3v) is 5.98. The van der Waals surface area contributed by atoms with Crippen LogP contribution < -0.4 is 10.6 Å². The number of hydrogen-bond donors (Lipinski definition) is 5. The lowest BCUT2D eigenvalue weighted by Crippen LogP contribution is -2.19. The SMILES string of the molecule is CN/C=C(C=N)/C(C(C)=N)=C(/Nc1nc(-c2ccccc2)c(SC(C)C)s1)C(=O)O. The molecule has 0 bridgehead atoms. The molecule has 158 valence electrons. The monoisotopic (exact) mass is 443 g/mol. The van der Waals surface area contributed by atoms with E-state index in [1.807, 2.05) is 30.3 Å². The largest absolute Gasteiger partial charge is 0.477 e. The van der Waals surface area contributed by atoms with E-state index in [0.29, 0.717) is 10.4 Å². The van der Waals surface area contributed by atoms with Crippen molar-refractivity contribution in [3.05, 3.63) is 53.4 Å². The summed E-state index contributed by atoms with van der Waals surface area (Å²) in [4.78, 5) is 16.7. The number of carboxylic acids is 1. The van der Waals surface area contributed by atoms with Gasteiger partial charge in [0.25, 0.3) is 0 Å². The van der Waals surface area contributed by atoms with Crippen molar-refractivity contribution in [3.8, 4) is 11.3 Å². The average Bonchev–Trinajstić information content (AvgIpc) is 3.08. The normalized spacial score (nSPS) is 12.4. The molecule has 0 spiro atoms. The molecule has 0 aliphatic rings. The Balaban J connectivity index is 2.60. The van der Waals surface area contributed by atoms with E-state index >= 15 is 0 Å². The number of aliphatic carboxylic acids is 1. The maximum atomic E-state index is 12.0. The van der Waals surface area contributed by atoms with E-state index in [2.05, 4.69) is 29.5 Å². The lowest BCUT2D eigenvalue weighted by atomic mass is 10.0. The maximum absolute atomic E-state index is 12.0. The van der Waals surface area contributed by atoms with Crippen molar-refractivity contribution in [3.63, 3.8) is 0 Å². The highest BCUT2D eigenvalue weighted by molar-refractivity contribution is 8.01. The van der Waals surface area contributed by atoms with Gasteiger partial charge in [0.1, 0.15) is 5.70 Å². The van der Waals surface area contributed by atoms with Gasteiger partial charge in [-0.1, -0.05) is 55.5 Å². The molecular weight excluding hydrogens is 418 g/mol. The molecule has 7 nitrogen and oxygen atoms in total. The summed E-state index contributed by atoms with van der Waals surface area (Å²) >= 11 is 3.03. The highest BCUT2D eigenvalue weighted by atomic mass is 32.2. The topological polar surface area (TPSA) is 122 Å². The first-order valence-electron chi connectivity index (χ1n) is 9.19. The molecule has 1 heterocycles. The zero-order valence-corrected chi connectivity index (χ0v) is 18.9. The molecule has 30 heavy (non-hydrogen) atoms. The molecule has 0 unspecified atom stereocenters. The number of allylic oxidation sites excluding steroid dienone is 2. The highest BCUT2D eigenvalue weighted by Gasteiger charge is 2.22. The standard InChI is InChI=1S/C21H25N5O2S2/c1-12(2)29-20-17(14-8-6-5-7-9-14)25-21(30-20)26-18(19(27)28)16(13(3)23)15(10-22)11-24-4/h5-12,22-24H,1-4H3,(H,25,26)(H,27,28)/b15-11+,18-16+,22-10?,23-13?. The summed E-state index contributed by atoms with van der Waals surface area (Å²) in [5.74, 6) is -1.23. The number of anilines is 1. The molecule has 1 aromatic carbocycles. The van der Waals surface area contributed by atoms with Crippen molar-refractivity contribution >= 4 is 46.1 Å². The molecule has 0 aliphatic heterocycles. The van der Waals surface area contributed by atoms with Gasteiger partial charge in [-0.25, -0.2) is 9.78 Å². The van der Waals surface area contributed by atoms with Crippen molar-refractivity contribution < 1.29 is 9.90 Å². The van der Waals surface area contributed by atoms with E-state index in [4.69, 9.17) is 10.8 Å². The summed E-state index contributed by atoms with van der Waals surface area (Å²) in [6.45, 7) is 5.67. The second-order valence-corrected chi connectivity index (χ2v) is 9.37. The molecule has 9 heteroatoms. The van der Waals surface area contributed by atoms with Crippen LogP contribution in [0.4, 0.5) is 5.13 Å². The zero-order valence-electron chi connectivity index (χ0n) is 17.2. The van der Waals surface area contributed by atoms with Crippen molar-refractivity contribution in [2.45, 2.75) is 30.2 Å². The first-order chi connectivity index (χ1) is 14.3. The number of benzene rings is 1. The van der Waals surface area contributed by atoms with Crippen molar-refractivity contribution in [2.75, 3.05) is 12.4 Å². The molecular formula is C21H25N5O2S2. The summed E-state index contributed by atoms with van der Waals surface area (Å²) in [7, 11) is 1.65. The minimum absolute atomic E-state index is 0.0292. The Labute approximate surface area is 184 Å². The lowest BCUT2D eigenvalue weighted by molar-refractivity contribution is -0.132. The molecule has 2 rings (SSSR count). The van der Waals surface area contributed by atoms with E-state index in [-0.39, 0.29) is 22.6 Å². The number of thioether (sulfide) groups is 1. The van der Waals surface area contributed by atoms with E-state index in [0.717, 1.165) is 21.7 Å². The second kappa shape index (κ2) is 10.7. The summed E-state index contributed by atoms with van der Waals surface area (Å²) in [6, 6.07) is 9.73. The summed E-state index contributed by atoms with van der Waals surface area (Å²) in [5, 5.41) is 32.0. The molecule has 1 aromatic heterocycles. The summed E-state index contributed by atoms with van der Waals surface area (Å²) in [5.41, 5.74) is 1.98. The fourth-order valence-corrected chi connectivity index (χ4v) is 5.09. The number of aromatic nitrogens is 1. The predicted octanol–water partition coefficient (Wildman–Crippen LogP) is 4.85. The van der Waals surface area contributed by atoms with E-state index in [1.54, 1.807) is 18.8 Å². The Bertz CT molecular complexity index is 994. The van der Waals surface area contributed by atoms with Crippen LogP contribution in [0.25, 0.3) is 11.3 Å². The summed E-state index contributed by atoms with van der Waals surface area (Å²) < 4.78 is 0.981. The number of hydrogen-bond acceptors (Lipinski definition) is 8. The van der Waals surface area contributed by atoms with Crippen molar-refractivity contribution in [1.29, 1.82) is 10.8 Å². The Morgan fingerprint density at radius 1 is 1.30 bits per heavy atom. The molecule has 0 atom stereocenters. The van der Waals surface area contributed by atoms with Gasteiger partial charge in [0.2, 0.25) is 0 Å². The van der Waals surface area contributed by atoms with Crippen LogP contribution in [0.5, 0.6) is 0 Å². The predicted molar refractivity (Wildman–Crippen MR) is 126 cm³/mol. The number of thiazole rings is 1. The Hall–Kier alpha value is -2.91. The molecule has 0 fully saturated rings. The van der Waals surface area contributed by atoms with Crippen molar-refractivity contribution in [2.24, 2.45) is 0 Å². The molecule has 0 aliphatic carbocycles. The molecule has 5 N–H and O–H groups in total. The third kappa shape index (κ3) is 5.80. The van der Waals surface area contributed by atoms with E-state index < -0.39 is 5.97 Å². The zero-order chi connectivity index (χ0) is 22.3. The number of nitrogens with one attached hydrogen (secondary N) is 4. The van der Waals surface area contributed by atoms with Gasteiger partial charge < -0.3 is 26.6 Å². The van der Waals surface area contributed by atoms with Crippen LogP contribution in [-0.4, -0.2) is 40.3 Å². The van der Waals surface area contributed by atoms with Crippen LogP contribution in [0.1, 0.15) is 20.8 Å². The number of carbonyl (C=O) groups is 1. The molecule has 0 radical (unpaired) electrons. The molecule has 0 saturated heterocycles. The molecule has 0 saturated carbocycles. The van der Waals surface area contributed by atoms with Gasteiger partial charge >= 0.3 is 5.97 Å². The quantitative estimate of drug-likeness (QED) is 0.155. The van der Waals surface area contributed by atoms with Crippen molar-refractivity contribution in [1.82, 2.24) is 10.3 Å². The van der Waals surface area contributed by atoms with Crippen LogP contribution >= 0.6 is 23.1 Å². The van der Waals surface area contributed by atoms with Gasteiger partial charge in [-0.15, -0.1) is 11.8 Å². The van der Waals surface area contributed by atoms with Crippen LogP contribution in [0.2, 0.25) is 0 Å². The number of nitrogens with zero attached hydrogens (tertiary/aromatic N) is 1. The van der Waals surface area contributed by atoms with Gasteiger partial charge in [-0.3, -0.25) is 0 Å². The van der Waals surface area contributed by atoms with Gasteiger partial charge in [-0.05, 0) is 6.92 Å². The first-order valence-corrected chi connectivity index (χ1v) is 10.9. The van der Waals surface area contributed by atoms with Gasteiger partial charge in [-0.2, -0.15) is 0 Å². The van der Waals surface area contributed by atoms with E-state index in [9.17, 15) is 9.90 Å². The Kier molecular flexibility index (Phi) is 8.37. The summed E-state index contributed by atoms with van der Waals surface area (Å²) in [6.07, 6.45) is 2.51. The fraction of sp³-hybridized carbons (Fsp3) is 0.238. The average molecular weight is 444 g/mol. The van der Waals surface area contributed by atoms with Crippen LogP contribution in [0, 0.1) is 10.8 Å².